The van der Waals surface area contributed by atoms with Gasteiger partial charge in [-0.3, -0.25) is 10.1 Å². The van der Waals surface area contributed by atoms with E-state index in [1.807, 2.05) is 0 Å². The molecule has 0 saturated carbocycles. The van der Waals surface area contributed by atoms with E-state index in [1.54, 1.807) is 6.07 Å². The van der Waals surface area contributed by atoms with Crippen molar-refractivity contribution in [2.24, 2.45) is 11.7 Å². The lowest BCUT2D eigenvalue weighted by atomic mass is 9.98. The summed E-state index contributed by atoms with van der Waals surface area (Å²) in [4.78, 5) is 10.1. The topological polar surface area (TPSA) is 89.4 Å². The molecule has 0 saturated heterocycles. The Balaban J connectivity index is 0.00000289. The second kappa shape index (κ2) is 7.18. The van der Waals surface area contributed by atoms with Gasteiger partial charge in [-0.1, -0.05) is 19.9 Å². The standard InChI is InChI=1S/C12H18N2O3.ClH/c1-8(2)3-5-10(13)9-4-6-12(15)11(7-9)14(16)17;/h4,6-8,10,15H,3,5,13H2,1-2H3;1H/t10-;/m1./s1. The van der Waals surface area contributed by atoms with Crippen molar-refractivity contribution in [1.29, 1.82) is 0 Å². The lowest BCUT2D eigenvalue weighted by Crippen LogP contribution is -2.11. The smallest absolute Gasteiger partial charge is 0.311 e. The van der Waals surface area contributed by atoms with Gasteiger partial charge in [-0.05, 0) is 30.4 Å². The first-order valence-corrected chi connectivity index (χ1v) is 5.64. The molecule has 18 heavy (non-hydrogen) atoms. The molecule has 0 amide bonds. The highest BCUT2D eigenvalue weighted by atomic mass is 35.5. The third-order valence-corrected chi connectivity index (χ3v) is 2.68. The molecule has 3 N–H and O–H groups in total. The summed E-state index contributed by atoms with van der Waals surface area (Å²) < 4.78 is 0. The van der Waals surface area contributed by atoms with Crippen molar-refractivity contribution in [2.45, 2.75) is 32.7 Å². The molecule has 5 nitrogen and oxygen atoms in total. The second-order valence-corrected chi connectivity index (χ2v) is 4.58. The van der Waals surface area contributed by atoms with Gasteiger partial charge < -0.3 is 10.8 Å². The zero-order valence-electron chi connectivity index (χ0n) is 10.5. The third kappa shape index (κ3) is 4.50. The Kier molecular flexibility index (Phi) is 6.65. The highest BCUT2D eigenvalue weighted by Gasteiger charge is 2.16. The molecule has 0 bridgehead atoms. The van der Waals surface area contributed by atoms with Gasteiger partial charge in [0.25, 0.3) is 0 Å². The number of phenols is 1. The summed E-state index contributed by atoms with van der Waals surface area (Å²) in [6.45, 7) is 4.21. The van der Waals surface area contributed by atoms with Gasteiger partial charge in [0, 0.05) is 12.1 Å². The van der Waals surface area contributed by atoms with E-state index in [1.165, 1.54) is 12.1 Å². The molecule has 0 aliphatic heterocycles. The van der Waals surface area contributed by atoms with E-state index in [2.05, 4.69) is 13.8 Å². The number of hydrogen-bond acceptors (Lipinski definition) is 4. The number of hydrogen-bond donors (Lipinski definition) is 2. The summed E-state index contributed by atoms with van der Waals surface area (Å²) >= 11 is 0. The molecule has 0 heterocycles. The minimum absolute atomic E-state index is 0. The van der Waals surface area contributed by atoms with Crippen LogP contribution in [0.1, 0.15) is 38.3 Å². The fourth-order valence-corrected chi connectivity index (χ4v) is 1.60. The molecular weight excluding hydrogens is 256 g/mol. The monoisotopic (exact) mass is 274 g/mol. The zero-order valence-corrected chi connectivity index (χ0v) is 11.3. The van der Waals surface area contributed by atoms with Gasteiger partial charge in [-0.25, -0.2) is 0 Å². The van der Waals surface area contributed by atoms with Crippen molar-refractivity contribution in [3.8, 4) is 5.75 Å². The predicted molar refractivity (Wildman–Crippen MR) is 73.0 cm³/mol. The molecule has 6 heteroatoms. The number of nitro benzene ring substituents is 1. The Hall–Kier alpha value is -1.33. The fourth-order valence-electron chi connectivity index (χ4n) is 1.60. The summed E-state index contributed by atoms with van der Waals surface area (Å²) in [5.41, 5.74) is 6.36. The van der Waals surface area contributed by atoms with Crippen LogP contribution in [0.15, 0.2) is 18.2 Å². The van der Waals surface area contributed by atoms with Crippen LogP contribution in [0.25, 0.3) is 0 Å². The molecule has 102 valence electrons. The van der Waals surface area contributed by atoms with Crippen LogP contribution in [-0.4, -0.2) is 10.0 Å². The minimum Gasteiger partial charge on any atom is -0.502 e. The van der Waals surface area contributed by atoms with Gasteiger partial charge in [0.15, 0.2) is 5.75 Å². The van der Waals surface area contributed by atoms with E-state index in [-0.39, 0.29) is 29.9 Å². The Labute approximate surface area is 113 Å². The molecule has 0 aliphatic rings. The summed E-state index contributed by atoms with van der Waals surface area (Å²) in [6.07, 6.45) is 1.75. The van der Waals surface area contributed by atoms with Crippen molar-refractivity contribution in [3.05, 3.63) is 33.9 Å². The summed E-state index contributed by atoms with van der Waals surface area (Å²) in [7, 11) is 0. The van der Waals surface area contributed by atoms with Gasteiger partial charge in [-0.15, -0.1) is 12.4 Å². The van der Waals surface area contributed by atoms with Crippen LogP contribution < -0.4 is 5.73 Å². The minimum atomic E-state index is -0.603. The van der Waals surface area contributed by atoms with Crippen LogP contribution in [0.2, 0.25) is 0 Å². The lowest BCUT2D eigenvalue weighted by Gasteiger charge is -2.13. The summed E-state index contributed by atoms with van der Waals surface area (Å²) in [5.74, 6) is 0.225. The van der Waals surface area contributed by atoms with Gasteiger partial charge in [-0.2, -0.15) is 0 Å². The van der Waals surface area contributed by atoms with E-state index in [0.717, 1.165) is 12.8 Å². The highest BCUT2D eigenvalue weighted by molar-refractivity contribution is 5.85. The Bertz CT molecular complexity index is 410. The second-order valence-electron chi connectivity index (χ2n) is 4.58. The number of halogens is 1. The first-order valence-electron chi connectivity index (χ1n) is 5.64. The van der Waals surface area contributed by atoms with Crippen LogP contribution in [0.4, 0.5) is 5.69 Å². The Morgan fingerprint density at radius 1 is 1.39 bits per heavy atom. The molecule has 1 atom stereocenters. The van der Waals surface area contributed by atoms with Crippen LogP contribution in [0.5, 0.6) is 5.75 Å². The number of nitrogens with zero attached hydrogens (tertiary/aromatic N) is 1. The average Bonchev–Trinajstić information content (AvgIpc) is 2.26. The van der Waals surface area contributed by atoms with E-state index >= 15 is 0 Å². The molecule has 1 rings (SSSR count). The van der Waals surface area contributed by atoms with Crippen molar-refractivity contribution in [1.82, 2.24) is 0 Å². The quantitative estimate of drug-likeness (QED) is 0.637. The maximum atomic E-state index is 10.7. The molecular formula is C12H19ClN2O3. The highest BCUT2D eigenvalue weighted by Crippen LogP contribution is 2.29. The van der Waals surface area contributed by atoms with E-state index in [4.69, 9.17) is 5.73 Å². The third-order valence-electron chi connectivity index (χ3n) is 2.68. The largest absolute Gasteiger partial charge is 0.502 e. The van der Waals surface area contributed by atoms with Crippen molar-refractivity contribution < 1.29 is 10.0 Å². The first-order chi connectivity index (χ1) is 7.91. The number of phenolic OH excluding ortho intramolecular Hbond substituents is 1. The number of benzene rings is 1. The van der Waals surface area contributed by atoms with Crippen LogP contribution in [0.3, 0.4) is 0 Å². The fraction of sp³-hybridized carbons (Fsp3) is 0.500. The van der Waals surface area contributed by atoms with Crippen molar-refractivity contribution in [2.75, 3.05) is 0 Å². The maximum Gasteiger partial charge on any atom is 0.311 e. The number of rotatable bonds is 5. The summed E-state index contributed by atoms with van der Waals surface area (Å²) in [6, 6.07) is 4.08. The molecule has 0 aromatic heterocycles. The van der Waals surface area contributed by atoms with E-state index in [9.17, 15) is 15.2 Å². The predicted octanol–water partition coefficient (Wildman–Crippen LogP) is 3.16. The Morgan fingerprint density at radius 3 is 2.50 bits per heavy atom. The van der Waals surface area contributed by atoms with Crippen molar-refractivity contribution in [3.63, 3.8) is 0 Å². The molecule has 1 aromatic carbocycles. The van der Waals surface area contributed by atoms with Gasteiger partial charge in [0.2, 0.25) is 0 Å². The average molecular weight is 275 g/mol. The van der Waals surface area contributed by atoms with Crippen molar-refractivity contribution >= 4 is 18.1 Å². The summed E-state index contributed by atoms with van der Waals surface area (Å²) in [5, 5.41) is 20.0. The SMILES string of the molecule is CC(C)CC[C@@H](N)c1ccc(O)c([N+](=O)[O-])c1.Cl. The number of nitro groups is 1. The van der Waals surface area contributed by atoms with Crippen LogP contribution >= 0.6 is 12.4 Å². The van der Waals surface area contributed by atoms with Gasteiger partial charge >= 0.3 is 5.69 Å². The number of nitrogens with two attached hydrogens (primary N) is 1. The van der Waals surface area contributed by atoms with Crippen LogP contribution in [0, 0.1) is 16.0 Å². The first kappa shape index (κ1) is 16.7. The van der Waals surface area contributed by atoms with Crippen LogP contribution in [-0.2, 0) is 0 Å². The molecule has 0 aliphatic carbocycles. The zero-order chi connectivity index (χ0) is 13.0. The molecule has 0 radical (unpaired) electrons. The van der Waals surface area contributed by atoms with E-state index < -0.39 is 4.92 Å². The number of aromatic hydroxyl groups is 1. The lowest BCUT2D eigenvalue weighted by molar-refractivity contribution is -0.385. The van der Waals surface area contributed by atoms with Gasteiger partial charge in [0.1, 0.15) is 0 Å². The molecule has 1 aromatic rings. The Morgan fingerprint density at radius 2 is 2.00 bits per heavy atom. The molecule has 0 fully saturated rings. The molecule has 0 unspecified atom stereocenters. The van der Waals surface area contributed by atoms with E-state index in [0.29, 0.717) is 11.5 Å². The normalized spacial score (nSPS) is 12.0. The van der Waals surface area contributed by atoms with Gasteiger partial charge in [0.05, 0.1) is 4.92 Å². The maximum absolute atomic E-state index is 10.7. The molecule has 0 spiro atoms.